The monoisotopic (exact) mass is 352 g/mol. The van der Waals surface area contributed by atoms with Crippen molar-refractivity contribution in [2.75, 3.05) is 0 Å². The van der Waals surface area contributed by atoms with Gasteiger partial charge >= 0.3 is 0 Å². The molecule has 0 aliphatic heterocycles. The van der Waals surface area contributed by atoms with Crippen LogP contribution >= 0.6 is 27.5 Å². The minimum atomic E-state index is 0.110. The van der Waals surface area contributed by atoms with Crippen molar-refractivity contribution in [2.24, 2.45) is 5.92 Å². The third-order valence-corrected chi connectivity index (χ3v) is 5.78. The highest BCUT2D eigenvalue weighted by atomic mass is 79.9. The first-order valence-corrected chi connectivity index (χ1v) is 8.28. The van der Waals surface area contributed by atoms with Gasteiger partial charge in [0.15, 0.2) is 0 Å². The van der Waals surface area contributed by atoms with Gasteiger partial charge in [-0.2, -0.15) is 5.10 Å². The number of hydrogen-bond acceptors (Lipinski definition) is 1. The molecule has 0 fully saturated rings. The van der Waals surface area contributed by atoms with Gasteiger partial charge in [-0.1, -0.05) is 24.3 Å². The van der Waals surface area contributed by atoms with Crippen LogP contribution in [-0.4, -0.2) is 9.78 Å². The van der Waals surface area contributed by atoms with E-state index >= 15 is 0 Å². The predicted molar refractivity (Wildman–Crippen MR) is 86.3 cm³/mol. The summed E-state index contributed by atoms with van der Waals surface area (Å²) in [5.74, 6) is 0.451. The van der Waals surface area contributed by atoms with Crippen LogP contribution < -0.4 is 0 Å². The summed E-state index contributed by atoms with van der Waals surface area (Å²) in [7, 11) is 0. The first-order valence-electron chi connectivity index (χ1n) is 7.05. The lowest BCUT2D eigenvalue weighted by atomic mass is 9.99. The van der Waals surface area contributed by atoms with Crippen LogP contribution in [0.25, 0.3) is 0 Å². The summed E-state index contributed by atoms with van der Waals surface area (Å²) in [6.07, 6.45) is 2.03. The van der Waals surface area contributed by atoms with Gasteiger partial charge in [-0.05, 0) is 59.7 Å². The first kappa shape index (κ1) is 14.2. The maximum Gasteiger partial charge on any atom is 0.0738 e. The van der Waals surface area contributed by atoms with E-state index in [2.05, 4.69) is 56.9 Å². The van der Waals surface area contributed by atoms with Crippen LogP contribution in [0.15, 0.2) is 28.7 Å². The van der Waals surface area contributed by atoms with E-state index in [-0.39, 0.29) is 5.38 Å². The third kappa shape index (κ3) is 2.31. The lowest BCUT2D eigenvalue weighted by Gasteiger charge is -2.15. The number of nitrogens with zero attached hydrogens (tertiary/aromatic N) is 2. The van der Waals surface area contributed by atoms with Crippen molar-refractivity contribution in [1.29, 1.82) is 0 Å². The maximum absolute atomic E-state index is 6.67. The Morgan fingerprint density at radius 2 is 2.15 bits per heavy atom. The van der Waals surface area contributed by atoms with Gasteiger partial charge in [0, 0.05) is 6.54 Å². The molecule has 0 radical (unpaired) electrons. The van der Waals surface area contributed by atoms with Crippen molar-refractivity contribution in [3.8, 4) is 0 Å². The van der Waals surface area contributed by atoms with Crippen molar-refractivity contribution in [3.63, 3.8) is 0 Å². The molecule has 0 bridgehead atoms. The number of fused-ring (bicyclic) bond motifs is 1. The fourth-order valence-electron chi connectivity index (χ4n) is 3.12. The molecule has 4 heteroatoms. The highest BCUT2D eigenvalue weighted by Gasteiger charge is 2.32. The molecule has 1 aliphatic rings. The molecule has 1 aromatic carbocycles. The van der Waals surface area contributed by atoms with E-state index in [4.69, 9.17) is 11.6 Å². The molecule has 0 saturated heterocycles. The van der Waals surface area contributed by atoms with Gasteiger partial charge in [0.05, 0.1) is 21.2 Å². The molecular weight excluding hydrogens is 336 g/mol. The van der Waals surface area contributed by atoms with Crippen LogP contribution in [0.3, 0.4) is 0 Å². The second-order valence-corrected chi connectivity index (χ2v) is 6.69. The quantitative estimate of drug-likeness (QED) is 0.733. The summed E-state index contributed by atoms with van der Waals surface area (Å²) < 4.78 is 3.23. The highest BCUT2D eigenvalue weighted by molar-refractivity contribution is 9.10. The molecule has 2 nitrogen and oxygen atoms in total. The van der Waals surface area contributed by atoms with Gasteiger partial charge < -0.3 is 0 Å². The van der Waals surface area contributed by atoms with Crippen LogP contribution in [0.1, 0.15) is 34.8 Å². The molecule has 0 saturated carbocycles. The molecule has 1 heterocycles. The fraction of sp³-hybridized carbons (Fsp3) is 0.438. The van der Waals surface area contributed by atoms with Gasteiger partial charge in [0.25, 0.3) is 0 Å². The molecule has 20 heavy (non-hydrogen) atoms. The SMILES string of the molecule is CCn1nc(C)c(Br)c1CC1Cc2ccccc2C1Cl. The fourth-order valence-corrected chi connectivity index (χ4v) is 3.95. The molecule has 0 N–H and O–H groups in total. The lowest BCUT2D eigenvalue weighted by molar-refractivity contribution is 0.504. The van der Waals surface area contributed by atoms with Crippen molar-refractivity contribution in [2.45, 2.75) is 38.6 Å². The number of benzene rings is 1. The smallest absolute Gasteiger partial charge is 0.0738 e. The van der Waals surface area contributed by atoms with Gasteiger partial charge in [0.2, 0.25) is 0 Å². The standard InChI is InChI=1S/C16H18BrClN2/c1-3-20-14(15(17)10(2)19-20)9-12-8-11-6-4-5-7-13(11)16(12)18/h4-7,12,16H,3,8-9H2,1-2H3. The summed E-state index contributed by atoms with van der Waals surface area (Å²) in [6.45, 7) is 5.07. The summed E-state index contributed by atoms with van der Waals surface area (Å²) in [5.41, 5.74) is 5.03. The number of hydrogen-bond donors (Lipinski definition) is 0. The summed E-state index contributed by atoms with van der Waals surface area (Å²) in [4.78, 5) is 0. The van der Waals surface area contributed by atoms with E-state index in [0.29, 0.717) is 5.92 Å². The van der Waals surface area contributed by atoms with Crippen molar-refractivity contribution >= 4 is 27.5 Å². The number of aromatic nitrogens is 2. The first-order chi connectivity index (χ1) is 9.61. The van der Waals surface area contributed by atoms with Gasteiger partial charge in [-0.25, -0.2) is 0 Å². The third-order valence-electron chi connectivity index (χ3n) is 4.16. The second kappa shape index (κ2) is 5.53. The average Bonchev–Trinajstić information content (AvgIpc) is 2.92. The van der Waals surface area contributed by atoms with Crippen LogP contribution in [0.4, 0.5) is 0 Å². The zero-order valence-electron chi connectivity index (χ0n) is 11.7. The normalized spacial score (nSPS) is 21.2. The van der Waals surface area contributed by atoms with Gasteiger partial charge in [-0.15, -0.1) is 11.6 Å². The minimum absolute atomic E-state index is 0.110. The molecule has 0 amide bonds. The summed E-state index contributed by atoms with van der Waals surface area (Å²) in [5, 5.41) is 4.68. The second-order valence-electron chi connectivity index (χ2n) is 5.43. The Labute approximate surface area is 133 Å². The Morgan fingerprint density at radius 1 is 1.40 bits per heavy atom. The van der Waals surface area contributed by atoms with Crippen molar-refractivity contribution in [1.82, 2.24) is 9.78 Å². The Hall–Kier alpha value is -0.800. The molecule has 2 atom stereocenters. The Bertz CT molecular complexity index is 635. The van der Waals surface area contributed by atoms with Crippen LogP contribution in [0.2, 0.25) is 0 Å². The molecule has 2 aromatic rings. The zero-order chi connectivity index (χ0) is 14.3. The molecule has 1 aliphatic carbocycles. The summed E-state index contributed by atoms with van der Waals surface area (Å²) >= 11 is 10.3. The lowest BCUT2D eigenvalue weighted by Crippen LogP contribution is -2.12. The van der Waals surface area contributed by atoms with Crippen molar-refractivity contribution in [3.05, 3.63) is 51.3 Å². The van der Waals surface area contributed by atoms with E-state index < -0.39 is 0 Å². The Kier molecular flexibility index (Phi) is 3.91. The Morgan fingerprint density at radius 3 is 2.85 bits per heavy atom. The maximum atomic E-state index is 6.67. The molecule has 1 aromatic heterocycles. The molecular formula is C16H18BrClN2. The molecule has 2 unspecified atom stereocenters. The molecule has 3 rings (SSSR count). The van der Waals surface area contributed by atoms with E-state index in [1.165, 1.54) is 16.8 Å². The van der Waals surface area contributed by atoms with Crippen molar-refractivity contribution < 1.29 is 0 Å². The molecule has 0 spiro atoms. The van der Waals surface area contributed by atoms with E-state index in [1.54, 1.807) is 0 Å². The topological polar surface area (TPSA) is 17.8 Å². The average molecular weight is 354 g/mol. The van der Waals surface area contributed by atoms with Crippen LogP contribution in [0.5, 0.6) is 0 Å². The van der Waals surface area contributed by atoms with E-state index in [1.807, 2.05) is 6.92 Å². The zero-order valence-corrected chi connectivity index (χ0v) is 14.1. The predicted octanol–water partition coefficient (Wildman–Crippen LogP) is 4.67. The van der Waals surface area contributed by atoms with Gasteiger partial charge in [0.1, 0.15) is 0 Å². The van der Waals surface area contributed by atoms with Gasteiger partial charge in [-0.3, -0.25) is 4.68 Å². The molecule has 106 valence electrons. The number of rotatable bonds is 3. The number of alkyl halides is 1. The number of aryl methyl sites for hydroxylation is 2. The minimum Gasteiger partial charge on any atom is -0.268 e. The highest BCUT2D eigenvalue weighted by Crippen LogP contribution is 2.43. The van der Waals surface area contributed by atoms with Crippen LogP contribution in [0, 0.1) is 12.8 Å². The number of halogens is 2. The van der Waals surface area contributed by atoms with E-state index in [9.17, 15) is 0 Å². The van der Waals surface area contributed by atoms with E-state index in [0.717, 1.165) is 29.6 Å². The summed E-state index contributed by atoms with van der Waals surface area (Å²) in [6, 6.07) is 8.53. The Balaban J connectivity index is 1.87. The largest absolute Gasteiger partial charge is 0.268 e. The van der Waals surface area contributed by atoms with Crippen LogP contribution in [-0.2, 0) is 19.4 Å².